The van der Waals surface area contributed by atoms with Crippen LogP contribution in [-0.2, 0) is 32.2 Å². The summed E-state index contributed by atoms with van der Waals surface area (Å²) in [6.07, 6.45) is 6.34. The van der Waals surface area contributed by atoms with Gasteiger partial charge in [0, 0.05) is 20.0 Å². The van der Waals surface area contributed by atoms with Gasteiger partial charge in [-0.1, -0.05) is 74.9 Å². The van der Waals surface area contributed by atoms with Gasteiger partial charge in [-0.3, -0.25) is 19.4 Å². The molecule has 1 N–H and O–H groups in total. The number of hydrogen-bond donors (Lipinski definition) is 1. The van der Waals surface area contributed by atoms with Crippen molar-refractivity contribution in [3.63, 3.8) is 0 Å². The molecule has 2 amide bonds. The van der Waals surface area contributed by atoms with Crippen molar-refractivity contribution in [2.75, 3.05) is 30.0 Å². The van der Waals surface area contributed by atoms with Crippen LogP contribution < -0.4 is 10.2 Å². The van der Waals surface area contributed by atoms with Gasteiger partial charge in [0.2, 0.25) is 11.8 Å². The second kappa shape index (κ2) is 19.1. The smallest absolute Gasteiger partial charge is 0.328 e. The van der Waals surface area contributed by atoms with Crippen molar-refractivity contribution in [2.24, 2.45) is 5.92 Å². The van der Waals surface area contributed by atoms with Crippen LogP contribution in [0.3, 0.4) is 0 Å². The number of anilines is 1. The van der Waals surface area contributed by atoms with E-state index in [1.807, 2.05) is 41.2 Å². The number of nitrogens with zero attached hydrogens (tertiary/aromatic N) is 5. The highest BCUT2D eigenvalue weighted by molar-refractivity contribution is 7.98. The highest BCUT2D eigenvalue weighted by Crippen LogP contribution is 2.27. The van der Waals surface area contributed by atoms with E-state index in [9.17, 15) is 19.6 Å². The van der Waals surface area contributed by atoms with Gasteiger partial charge in [0.05, 0.1) is 49.4 Å². The van der Waals surface area contributed by atoms with E-state index in [-0.39, 0.29) is 36.4 Å². The van der Waals surface area contributed by atoms with Gasteiger partial charge in [0.25, 0.3) is 0 Å². The zero-order valence-corrected chi connectivity index (χ0v) is 31.4. The van der Waals surface area contributed by atoms with Crippen LogP contribution in [0.1, 0.15) is 64.2 Å². The number of ether oxygens (including phenoxy) is 1. The fraction of sp³-hybridized carbons (Fsp3) is 0.425. The summed E-state index contributed by atoms with van der Waals surface area (Å²) in [6, 6.07) is 22.8. The third-order valence-electron chi connectivity index (χ3n) is 9.01. The predicted octanol–water partition coefficient (Wildman–Crippen LogP) is 6.42. The Labute approximate surface area is 306 Å². The fourth-order valence-corrected chi connectivity index (χ4v) is 6.70. The molecule has 0 aliphatic heterocycles. The van der Waals surface area contributed by atoms with Crippen LogP contribution >= 0.6 is 11.8 Å². The maximum absolute atomic E-state index is 13.8. The van der Waals surface area contributed by atoms with Crippen molar-refractivity contribution < 1.29 is 19.1 Å². The molecular weight excluding hydrogens is 661 g/mol. The first-order valence-corrected chi connectivity index (χ1v) is 18.9. The number of benzene rings is 3. The molecule has 0 aliphatic rings. The quantitative estimate of drug-likeness (QED) is 0.118. The second-order valence-corrected chi connectivity index (χ2v) is 14.2. The molecule has 10 nitrogen and oxygen atoms in total. The standard InChI is InChI=1S/C40H50N6O4S/c1-7-29(4)37(46(30(5)47)39-22-42-27-45(39)23-32-17-15-31(21-41)16-18-32)25-44(24-34-13-10-12-33-11-8-9-14-35(33)34)26-38(48)43-36(19-20-51-6)40(49)50-28(2)3/h8-18,22,27-29,36-37H,7,19-20,23-26H2,1-6H3,(H,43,48)/t29-,36-,37+/m0/s1. The number of fused-ring (bicyclic) bond motifs is 1. The number of imidazole rings is 1. The van der Waals surface area contributed by atoms with Gasteiger partial charge < -0.3 is 14.6 Å². The van der Waals surface area contributed by atoms with Crippen molar-refractivity contribution in [3.8, 4) is 6.07 Å². The molecule has 11 heteroatoms. The molecule has 1 aromatic heterocycles. The lowest BCUT2D eigenvalue weighted by atomic mass is 9.96. The first-order valence-electron chi connectivity index (χ1n) is 17.5. The lowest BCUT2D eigenvalue weighted by Gasteiger charge is -2.38. The summed E-state index contributed by atoms with van der Waals surface area (Å²) in [4.78, 5) is 48.8. The zero-order chi connectivity index (χ0) is 36.9. The maximum atomic E-state index is 13.8. The van der Waals surface area contributed by atoms with Crippen molar-refractivity contribution in [3.05, 3.63) is 95.9 Å². The number of nitrogens with one attached hydrogen (secondary N) is 1. The number of rotatable bonds is 18. The lowest BCUT2D eigenvalue weighted by Crippen LogP contribution is -2.53. The van der Waals surface area contributed by atoms with Gasteiger partial charge in [0.15, 0.2) is 0 Å². The minimum Gasteiger partial charge on any atom is -0.461 e. The molecule has 3 atom stereocenters. The minimum atomic E-state index is -0.762. The minimum absolute atomic E-state index is 0.0110. The third kappa shape index (κ3) is 10.9. The molecule has 4 rings (SSSR count). The Hall–Kier alpha value is -4.66. The van der Waals surface area contributed by atoms with E-state index >= 15 is 0 Å². The Bertz CT molecular complexity index is 1800. The Morgan fingerprint density at radius 3 is 2.43 bits per heavy atom. The molecule has 51 heavy (non-hydrogen) atoms. The summed E-state index contributed by atoms with van der Waals surface area (Å²) in [6.45, 7) is 10.7. The predicted molar refractivity (Wildman–Crippen MR) is 204 cm³/mol. The molecule has 1 heterocycles. The topological polar surface area (TPSA) is 121 Å². The van der Waals surface area contributed by atoms with Gasteiger partial charge in [-0.05, 0) is 72.2 Å². The lowest BCUT2D eigenvalue weighted by molar-refractivity contribution is -0.151. The molecule has 0 radical (unpaired) electrons. The number of hydrogen-bond acceptors (Lipinski definition) is 8. The number of carbonyl (C=O) groups excluding carboxylic acids is 3. The van der Waals surface area contributed by atoms with Gasteiger partial charge >= 0.3 is 5.97 Å². The summed E-state index contributed by atoms with van der Waals surface area (Å²) in [5.41, 5.74) is 2.61. The molecule has 0 aliphatic carbocycles. The van der Waals surface area contributed by atoms with Crippen molar-refractivity contribution in [1.29, 1.82) is 5.26 Å². The Morgan fingerprint density at radius 2 is 1.76 bits per heavy atom. The van der Waals surface area contributed by atoms with Crippen LogP contribution in [0.5, 0.6) is 0 Å². The van der Waals surface area contributed by atoms with E-state index in [2.05, 4.69) is 59.4 Å². The maximum Gasteiger partial charge on any atom is 0.328 e. The van der Waals surface area contributed by atoms with E-state index in [0.717, 1.165) is 28.3 Å². The molecular formula is C40H50N6O4S. The Morgan fingerprint density at radius 1 is 1.04 bits per heavy atom. The normalized spacial score (nSPS) is 13.1. The largest absolute Gasteiger partial charge is 0.461 e. The highest BCUT2D eigenvalue weighted by atomic mass is 32.2. The fourth-order valence-electron chi connectivity index (χ4n) is 6.23. The van der Waals surface area contributed by atoms with Gasteiger partial charge in [0.1, 0.15) is 11.9 Å². The van der Waals surface area contributed by atoms with Crippen molar-refractivity contribution in [1.82, 2.24) is 19.8 Å². The van der Waals surface area contributed by atoms with E-state index in [1.54, 1.807) is 62.1 Å². The summed E-state index contributed by atoms with van der Waals surface area (Å²) in [5, 5.41) is 14.4. The second-order valence-electron chi connectivity index (χ2n) is 13.2. The Kier molecular flexibility index (Phi) is 14.6. The summed E-state index contributed by atoms with van der Waals surface area (Å²) in [7, 11) is 0. The van der Waals surface area contributed by atoms with Crippen molar-refractivity contribution >= 4 is 46.1 Å². The molecule has 4 aromatic rings. The van der Waals surface area contributed by atoms with Crippen LogP contribution in [0, 0.1) is 17.2 Å². The SMILES string of the molecule is CC[C@H](C)[C@@H](CN(CC(=O)N[C@@H](CCSC)C(=O)OC(C)C)Cc1cccc2ccccc12)N(C(C)=O)c1cncn1Cc1ccc(C#N)cc1. The molecule has 0 fully saturated rings. The van der Waals surface area contributed by atoms with Crippen LogP contribution in [0.15, 0.2) is 79.3 Å². The molecule has 0 bridgehead atoms. The summed E-state index contributed by atoms with van der Waals surface area (Å²) in [5.74, 6) is 0.539. The molecule has 3 aromatic carbocycles. The van der Waals surface area contributed by atoms with E-state index in [4.69, 9.17) is 4.74 Å². The average molecular weight is 711 g/mol. The summed E-state index contributed by atoms with van der Waals surface area (Å²) >= 11 is 1.60. The zero-order valence-electron chi connectivity index (χ0n) is 30.5. The first kappa shape index (κ1) is 39.1. The van der Waals surface area contributed by atoms with Crippen LogP contribution in [0.4, 0.5) is 5.82 Å². The molecule has 0 unspecified atom stereocenters. The number of esters is 1. The monoisotopic (exact) mass is 710 g/mol. The highest BCUT2D eigenvalue weighted by Gasteiger charge is 2.32. The van der Waals surface area contributed by atoms with E-state index in [0.29, 0.717) is 43.2 Å². The van der Waals surface area contributed by atoms with Crippen LogP contribution in [0.25, 0.3) is 10.8 Å². The molecule has 0 saturated carbocycles. The van der Waals surface area contributed by atoms with Gasteiger partial charge in [-0.15, -0.1) is 0 Å². The molecule has 270 valence electrons. The van der Waals surface area contributed by atoms with Gasteiger partial charge in [-0.25, -0.2) is 9.78 Å². The number of thioether (sulfide) groups is 1. The van der Waals surface area contributed by atoms with Gasteiger partial charge in [-0.2, -0.15) is 17.0 Å². The number of aromatic nitrogens is 2. The Balaban J connectivity index is 1.69. The third-order valence-corrected chi connectivity index (χ3v) is 9.66. The molecule has 0 saturated heterocycles. The van der Waals surface area contributed by atoms with Crippen molar-refractivity contribution in [2.45, 2.75) is 78.7 Å². The number of amides is 2. The first-order chi connectivity index (χ1) is 24.5. The average Bonchev–Trinajstić information content (AvgIpc) is 3.56. The molecule has 0 spiro atoms. The van der Waals surface area contributed by atoms with E-state index < -0.39 is 12.0 Å². The van der Waals surface area contributed by atoms with Crippen LogP contribution in [0.2, 0.25) is 0 Å². The summed E-state index contributed by atoms with van der Waals surface area (Å²) < 4.78 is 7.43. The van der Waals surface area contributed by atoms with E-state index in [1.165, 1.54) is 0 Å². The number of nitriles is 1. The number of carbonyl (C=O) groups is 3. The van der Waals surface area contributed by atoms with Crippen LogP contribution in [-0.4, -0.2) is 75.5 Å².